The fraction of sp³-hybridized carbons (Fsp3) is 0.300. The van der Waals surface area contributed by atoms with Crippen molar-refractivity contribution in [2.24, 2.45) is 5.92 Å². The van der Waals surface area contributed by atoms with Gasteiger partial charge in [0.15, 0.2) is 5.82 Å². The molecular formula is C20H20N4O3. The zero-order chi connectivity index (χ0) is 19.0. The van der Waals surface area contributed by atoms with Gasteiger partial charge in [-0.05, 0) is 25.3 Å². The molecule has 2 aromatic carbocycles. The molecule has 0 saturated carbocycles. The molecule has 2 amide bonds. The van der Waals surface area contributed by atoms with Crippen molar-refractivity contribution in [2.45, 2.75) is 26.3 Å². The Labute approximate surface area is 156 Å². The van der Waals surface area contributed by atoms with Gasteiger partial charge in [0.1, 0.15) is 6.04 Å². The van der Waals surface area contributed by atoms with Gasteiger partial charge in [0.05, 0.1) is 11.6 Å². The van der Waals surface area contributed by atoms with E-state index in [0.29, 0.717) is 18.3 Å². The summed E-state index contributed by atoms with van der Waals surface area (Å²) in [6.07, 6.45) is 0.185. The largest absolute Gasteiger partial charge is 0.344 e. The summed E-state index contributed by atoms with van der Waals surface area (Å²) in [5.74, 6) is 0.227. The topological polar surface area (TPSA) is 88.3 Å². The van der Waals surface area contributed by atoms with Crippen molar-refractivity contribution in [3.05, 3.63) is 54.2 Å². The summed E-state index contributed by atoms with van der Waals surface area (Å²) in [6.45, 7) is 3.86. The van der Waals surface area contributed by atoms with E-state index in [2.05, 4.69) is 15.5 Å². The van der Waals surface area contributed by atoms with Gasteiger partial charge < -0.3 is 14.7 Å². The zero-order valence-electron chi connectivity index (χ0n) is 15.2. The second-order valence-electron chi connectivity index (χ2n) is 6.81. The molecular weight excluding hydrogens is 344 g/mol. The van der Waals surface area contributed by atoms with E-state index in [1.54, 1.807) is 18.7 Å². The molecule has 4 rings (SSSR count). The van der Waals surface area contributed by atoms with Gasteiger partial charge in [-0.2, -0.15) is 4.98 Å². The molecule has 138 valence electrons. The Bertz CT molecular complexity index is 1010. The van der Waals surface area contributed by atoms with E-state index in [-0.39, 0.29) is 18.2 Å². The zero-order valence-corrected chi connectivity index (χ0v) is 15.2. The summed E-state index contributed by atoms with van der Waals surface area (Å²) < 4.78 is 5.10. The predicted molar refractivity (Wildman–Crippen MR) is 100 cm³/mol. The van der Waals surface area contributed by atoms with E-state index in [0.717, 1.165) is 16.5 Å². The maximum Gasteiger partial charge on any atom is 0.248 e. The monoisotopic (exact) mass is 364 g/mol. The van der Waals surface area contributed by atoms with E-state index < -0.39 is 12.0 Å². The maximum atomic E-state index is 12.6. The molecule has 7 heteroatoms. The molecule has 3 aromatic rings. The van der Waals surface area contributed by atoms with Crippen molar-refractivity contribution in [3.63, 3.8) is 0 Å². The van der Waals surface area contributed by atoms with Crippen LogP contribution in [0.1, 0.15) is 31.1 Å². The second-order valence-corrected chi connectivity index (χ2v) is 6.81. The van der Waals surface area contributed by atoms with Crippen LogP contribution in [-0.2, 0) is 9.59 Å². The summed E-state index contributed by atoms with van der Waals surface area (Å²) in [7, 11) is 0. The number of aryl methyl sites for hydroxylation is 1. The number of carbonyl (C=O) groups excluding carboxylic acids is 2. The van der Waals surface area contributed by atoms with Crippen LogP contribution in [0.3, 0.4) is 0 Å². The summed E-state index contributed by atoms with van der Waals surface area (Å²) in [5.41, 5.74) is 0.842. The van der Waals surface area contributed by atoms with E-state index in [4.69, 9.17) is 4.52 Å². The number of nitrogens with one attached hydrogen (secondary N) is 1. The normalized spacial score (nSPS) is 18.1. The number of anilines is 1. The minimum absolute atomic E-state index is 0.0483. The highest BCUT2D eigenvalue weighted by Crippen LogP contribution is 2.31. The number of carbonyl (C=O) groups is 2. The Morgan fingerprint density at radius 3 is 2.81 bits per heavy atom. The number of benzene rings is 2. The van der Waals surface area contributed by atoms with E-state index in [9.17, 15) is 9.59 Å². The van der Waals surface area contributed by atoms with Crippen LogP contribution in [0.2, 0.25) is 0 Å². The molecule has 1 fully saturated rings. The minimum Gasteiger partial charge on any atom is -0.344 e. The van der Waals surface area contributed by atoms with Crippen molar-refractivity contribution < 1.29 is 14.1 Å². The Morgan fingerprint density at radius 2 is 2.04 bits per heavy atom. The van der Waals surface area contributed by atoms with Gasteiger partial charge >= 0.3 is 0 Å². The van der Waals surface area contributed by atoms with Crippen molar-refractivity contribution in [1.82, 2.24) is 15.5 Å². The molecule has 1 aromatic heterocycles. The lowest BCUT2D eigenvalue weighted by Gasteiger charge is -2.19. The van der Waals surface area contributed by atoms with Crippen LogP contribution in [-0.4, -0.2) is 28.5 Å². The Kier molecular flexibility index (Phi) is 4.35. The number of fused-ring (bicyclic) bond motifs is 1. The van der Waals surface area contributed by atoms with Crippen LogP contribution in [0.25, 0.3) is 10.8 Å². The Morgan fingerprint density at radius 1 is 1.26 bits per heavy atom. The third-order valence-electron chi connectivity index (χ3n) is 4.83. The summed E-state index contributed by atoms with van der Waals surface area (Å²) in [6, 6.07) is 13.4. The Hall–Kier alpha value is -3.22. The van der Waals surface area contributed by atoms with Crippen LogP contribution in [0.5, 0.6) is 0 Å². The van der Waals surface area contributed by atoms with E-state index in [1.165, 1.54) is 0 Å². The first-order chi connectivity index (χ1) is 13.0. The average Bonchev–Trinajstić information content (AvgIpc) is 3.27. The van der Waals surface area contributed by atoms with Crippen LogP contribution >= 0.6 is 0 Å². The third-order valence-corrected chi connectivity index (χ3v) is 4.83. The van der Waals surface area contributed by atoms with Crippen LogP contribution < -0.4 is 10.2 Å². The fourth-order valence-corrected chi connectivity index (χ4v) is 3.44. The summed E-state index contributed by atoms with van der Waals surface area (Å²) in [5, 5.41) is 8.67. The minimum atomic E-state index is -0.414. The average molecular weight is 364 g/mol. The van der Waals surface area contributed by atoms with Gasteiger partial charge in [0, 0.05) is 18.4 Å². The lowest BCUT2D eigenvalue weighted by molar-refractivity contribution is -0.127. The highest BCUT2D eigenvalue weighted by molar-refractivity contribution is 6.07. The highest BCUT2D eigenvalue weighted by Gasteiger charge is 2.36. The molecule has 0 spiro atoms. The first kappa shape index (κ1) is 17.2. The van der Waals surface area contributed by atoms with Crippen molar-refractivity contribution in [2.75, 3.05) is 11.4 Å². The van der Waals surface area contributed by atoms with Crippen molar-refractivity contribution in [3.8, 4) is 0 Å². The third kappa shape index (κ3) is 3.28. The van der Waals surface area contributed by atoms with Gasteiger partial charge in [-0.15, -0.1) is 0 Å². The lowest BCUT2D eigenvalue weighted by atomic mass is 10.1. The van der Waals surface area contributed by atoms with E-state index >= 15 is 0 Å². The molecule has 1 saturated heterocycles. The molecule has 1 aliphatic rings. The van der Waals surface area contributed by atoms with Crippen LogP contribution in [0.15, 0.2) is 47.0 Å². The predicted octanol–water partition coefficient (Wildman–Crippen LogP) is 2.76. The number of hydrogen-bond donors (Lipinski definition) is 1. The highest BCUT2D eigenvalue weighted by atomic mass is 16.5. The molecule has 0 radical (unpaired) electrons. The van der Waals surface area contributed by atoms with Gasteiger partial charge in [-0.3, -0.25) is 9.59 Å². The molecule has 7 nitrogen and oxygen atoms in total. The fourth-order valence-electron chi connectivity index (χ4n) is 3.44. The molecule has 0 unspecified atom stereocenters. The van der Waals surface area contributed by atoms with Gasteiger partial charge in [-0.1, -0.05) is 41.6 Å². The first-order valence-corrected chi connectivity index (χ1v) is 8.91. The molecule has 0 bridgehead atoms. The second kappa shape index (κ2) is 6.83. The number of aromatic nitrogens is 2. The van der Waals surface area contributed by atoms with Crippen molar-refractivity contribution >= 4 is 28.3 Å². The molecule has 0 aliphatic carbocycles. The molecule has 2 heterocycles. The van der Waals surface area contributed by atoms with Gasteiger partial charge in [-0.25, -0.2) is 0 Å². The molecule has 1 aliphatic heterocycles. The summed E-state index contributed by atoms with van der Waals surface area (Å²) >= 11 is 0. The van der Waals surface area contributed by atoms with Crippen LogP contribution in [0.4, 0.5) is 5.69 Å². The van der Waals surface area contributed by atoms with E-state index in [1.807, 2.05) is 42.5 Å². The number of hydrogen-bond acceptors (Lipinski definition) is 5. The molecule has 1 N–H and O–H groups in total. The molecule has 27 heavy (non-hydrogen) atoms. The quantitative estimate of drug-likeness (QED) is 0.769. The van der Waals surface area contributed by atoms with Gasteiger partial charge in [0.2, 0.25) is 17.7 Å². The summed E-state index contributed by atoms with van der Waals surface area (Å²) in [4.78, 5) is 31.1. The maximum absolute atomic E-state index is 12.6. The van der Waals surface area contributed by atoms with Gasteiger partial charge in [0.25, 0.3) is 0 Å². The first-order valence-electron chi connectivity index (χ1n) is 8.91. The smallest absolute Gasteiger partial charge is 0.248 e. The lowest BCUT2D eigenvalue weighted by Crippen LogP contribution is -2.34. The standard InChI is InChI=1S/C20H20N4O3/c1-12(20-22-13(2)23-27-20)21-19(26)15-10-18(25)24(11-15)17-9-5-7-14-6-3-4-8-16(14)17/h3-9,12,15H,10-11H2,1-2H3,(H,21,26)/t12-,15-/m0/s1. The Balaban J connectivity index is 1.51. The molecule has 2 atom stereocenters. The van der Waals surface area contributed by atoms with Crippen LogP contribution in [0, 0.1) is 12.8 Å². The SMILES string of the molecule is Cc1noc([C@H](C)NC(=O)[C@H]2CC(=O)N(c3cccc4ccccc34)C2)n1. The number of rotatable bonds is 4. The van der Waals surface area contributed by atoms with Crippen molar-refractivity contribution in [1.29, 1.82) is 0 Å². The number of nitrogens with zero attached hydrogens (tertiary/aromatic N) is 3. The number of amides is 2.